The number of benzene rings is 1. The van der Waals surface area contributed by atoms with Gasteiger partial charge >= 0.3 is 0 Å². The summed E-state index contributed by atoms with van der Waals surface area (Å²) in [6, 6.07) is 13.2. The van der Waals surface area contributed by atoms with Crippen molar-refractivity contribution in [2.24, 2.45) is 0 Å². The molecule has 4 rings (SSSR count). The number of rotatable bonds is 5. The second-order valence-electron chi connectivity index (χ2n) is 6.87. The van der Waals surface area contributed by atoms with Crippen molar-refractivity contribution in [3.05, 3.63) is 59.9 Å². The van der Waals surface area contributed by atoms with Gasteiger partial charge in [-0.25, -0.2) is 0 Å². The van der Waals surface area contributed by atoms with Crippen LogP contribution in [-0.2, 0) is 13.0 Å². The van der Waals surface area contributed by atoms with Gasteiger partial charge in [0.1, 0.15) is 11.9 Å². The smallest absolute Gasteiger partial charge is 0.123 e. The van der Waals surface area contributed by atoms with Gasteiger partial charge in [0.15, 0.2) is 0 Å². The fraction of sp³-hybridized carbons (Fsp3) is 0.450. The first-order valence-corrected chi connectivity index (χ1v) is 8.96. The summed E-state index contributed by atoms with van der Waals surface area (Å²) in [6.45, 7) is 4.26. The van der Waals surface area contributed by atoms with E-state index < -0.39 is 0 Å². The normalized spacial score (nSPS) is 21.4. The van der Waals surface area contributed by atoms with Gasteiger partial charge in [0.2, 0.25) is 0 Å². The van der Waals surface area contributed by atoms with E-state index in [4.69, 9.17) is 4.74 Å². The average molecular weight is 323 g/mol. The molecule has 126 valence electrons. The van der Waals surface area contributed by atoms with Crippen molar-refractivity contribution in [3.63, 3.8) is 0 Å². The van der Waals surface area contributed by atoms with E-state index in [-0.39, 0.29) is 6.10 Å². The van der Waals surface area contributed by atoms with Gasteiger partial charge in [-0.1, -0.05) is 24.3 Å². The van der Waals surface area contributed by atoms with Crippen molar-refractivity contribution in [2.75, 3.05) is 19.6 Å². The number of ether oxygens (including phenoxy) is 1. The fourth-order valence-corrected chi connectivity index (χ4v) is 3.71. The molecule has 4 nitrogen and oxygen atoms in total. The number of nitrogens with zero attached hydrogens (tertiary/aromatic N) is 2. The standard InChI is InChI=1S/C20H25N3O/c1-2-6-20-17(5-1)12-19(24-20)14-22-18-7-10-23(11-8-18)15-16-4-3-9-21-13-16/h1-6,9,13,18-19,22H,7-8,10-12,14-15H2/t19-/m1/s1. The zero-order valence-electron chi connectivity index (χ0n) is 14.0. The third kappa shape index (κ3) is 3.77. The number of hydrogen-bond donors (Lipinski definition) is 1. The van der Waals surface area contributed by atoms with Crippen molar-refractivity contribution >= 4 is 0 Å². The van der Waals surface area contributed by atoms with E-state index in [0.29, 0.717) is 6.04 Å². The Morgan fingerprint density at radius 2 is 2.00 bits per heavy atom. The Balaban J connectivity index is 1.19. The largest absolute Gasteiger partial charge is 0.488 e. The Morgan fingerprint density at radius 3 is 2.79 bits per heavy atom. The summed E-state index contributed by atoms with van der Waals surface area (Å²) >= 11 is 0. The number of aromatic nitrogens is 1. The predicted octanol–water partition coefficient (Wildman–Crippen LogP) is 2.64. The van der Waals surface area contributed by atoms with Crippen LogP contribution in [0.5, 0.6) is 5.75 Å². The van der Waals surface area contributed by atoms with E-state index in [1.807, 2.05) is 24.5 Å². The zero-order chi connectivity index (χ0) is 16.2. The van der Waals surface area contributed by atoms with Crippen molar-refractivity contribution in [1.29, 1.82) is 0 Å². The Hall–Kier alpha value is -1.91. The SMILES string of the molecule is c1cncc(CN2CCC(NC[C@H]3Cc4ccccc4O3)CC2)c1. The molecule has 0 spiro atoms. The molecule has 0 aliphatic carbocycles. The minimum Gasteiger partial charge on any atom is -0.488 e. The number of hydrogen-bond acceptors (Lipinski definition) is 4. The summed E-state index contributed by atoms with van der Waals surface area (Å²) in [5.74, 6) is 1.07. The maximum Gasteiger partial charge on any atom is 0.123 e. The molecule has 1 N–H and O–H groups in total. The minimum absolute atomic E-state index is 0.288. The number of fused-ring (bicyclic) bond motifs is 1. The summed E-state index contributed by atoms with van der Waals surface area (Å²) in [7, 11) is 0. The molecule has 0 radical (unpaired) electrons. The number of piperidine rings is 1. The van der Waals surface area contributed by atoms with Crippen LogP contribution >= 0.6 is 0 Å². The lowest BCUT2D eigenvalue weighted by atomic mass is 10.0. The molecule has 2 aliphatic rings. The van der Waals surface area contributed by atoms with Crippen LogP contribution in [0.2, 0.25) is 0 Å². The van der Waals surface area contributed by atoms with Crippen LogP contribution in [0.1, 0.15) is 24.0 Å². The molecule has 1 atom stereocenters. The second-order valence-corrected chi connectivity index (χ2v) is 6.87. The van der Waals surface area contributed by atoms with Gasteiger partial charge in [-0.2, -0.15) is 0 Å². The summed E-state index contributed by atoms with van der Waals surface area (Å²) in [4.78, 5) is 6.73. The molecular formula is C20H25N3O. The highest BCUT2D eigenvalue weighted by Gasteiger charge is 2.24. The number of likely N-dealkylation sites (tertiary alicyclic amines) is 1. The molecule has 0 bridgehead atoms. The van der Waals surface area contributed by atoms with Crippen LogP contribution in [0, 0.1) is 0 Å². The van der Waals surface area contributed by atoms with Crippen LogP contribution in [0.4, 0.5) is 0 Å². The van der Waals surface area contributed by atoms with Gasteiger partial charge in [-0.15, -0.1) is 0 Å². The molecule has 2 aromatic rings. The van der Waals surface area contributed by atoms with E-state index in [1.165, 1.54) is 24.0 Å². The van der Waals surface area contributed by atoms with Gasteiger partial charge in [-0.05, 0) is 49.2 Å². The van der Waals surface area contributed by atoms with Gasteiger partial charge in [0.05, 0.1) is 0 Å². The molecule has 24 heavy (non-hydrogen) atoms. The maximum absolute atomic E-state index is 6.02. The summed E-state index contributed by atoms with van der Waals surface area (Å²) < 4.78 is 6.02. The topological polar surface area (TPSA) is 37.4 Å². The molecule has 4 heteroatoms. The molecule has 1 aromatic heterocycles. The first-order valence-electron chi connectivity index (χ1n) is 8.96. The van der Waals surface area contributed by atoms with Crippen LogP contribution in [-0.4, -0.2) is 41.7 Å². The molecule has 1 saturated heterocycles. The van der Waals surface area contributed by atoms with E-state index in [1.54, 1.807) is 0 Å². The number of nitrogens with one attached hydrogen (secondary N) is 1. The van der Waals surface area contributed by atoms with E-state index in [2.05, 4.69) is 39.5 Å². The number of pyridine rings is 1. The van der Waals surface area contributed by atoms with Crippen LogP contribution in [0.3, 0.4) is 0 Å². The van der Waals surface area contributed by atoms with E-state index in [0.717, 1.165) is 38.3 Å². The van der Waals surface area contributed by atoms with Crippen LogP contribution < -0.4 is 10.1 Å². The Morgan fingerprint density at radius 1 is 1.12 bits per heavy atom. The van der Waals surface area contributed by atoms with Gasteiger partial charge in [0.25, 0.3) is 0 Å². The molecule has 0 amide bonds. The Kier molecular flexibility index (Phi) is 4.76. The predicted molar refractivity (Wildman–Crippen MR) is 95.1 cm³/mol. The zero-order valence-corrected chi connectivity index (χ0v) is 14.0. The quantitative estimate of drug-likeness (QED) is 0.918. The van der Waals surface area contributed by atoms with E-state index in [9.17, 15) is 0 Å². The average Bonchev–Trinajstić information content (AvgIpc) is 3.05. The minimum atomic E-state index is 0.288. The lowest BCUT2D eigenvalue weighted by molar-refractivity contribution is 0.172. The molecule has 0 saturated carbocycles. The highest BCUT2D eigenvalue weighted by molar-refractivity contribution is 5.37. The van der Waals surface area contributed by atoms with Crippen molar-refractivity contribution in [1.82, 2.24) is 15.2 Å². The maximum atomic E-state index is 6.02. The lowest BCUT2D eigenvalue weighted by Crippen LogP contribution is -2.45. The molecule has 3 heterocycles. The third-order valence-corrected chi connectivity index (χ3v) is 5.06. The lowest BCUT2D eigenvalue weighted by Gasteiger charge is -2.32. The third-order valence-electron chi connectivity index (χ3n) is 5.06. The van der Waals surface area contributed by atoms with Crippen molar-refractivity contribution in [3.8, 4) is 5.75 Å². The van der Waals surface area contributed by atoms with E-state index >= 15 is 0 Å². The first kappa shape index (κ1) is 15.6. The van der Waals surface area contributed by atoms with Crippen molar-refractivity contribution < 1.29 is 4.74 Å². The monoisotopic (exact) mass is 323 g/mol. The van der Waals surface area contributed by atoms with Crippen LogP contribution in [0.15, 0.2) is 48.8 Å². The summed E-state index contributed by atoms with van der Waals surface area (Å²) in [5.41, 5.74) is 2.65. The van der Waals surface area contributed by atoms with Gasteiger partial charge in [0, 0.05) is 37.9 Å². The fourth-order valence-electron chi connectivity index (χ4n) is 3.71. The molecule has 0 unspecified atom stereocenters. The molecule has 2 aliphatic heterocycles. The second kappa shape index (κ2) is 7.32. The molecule has 1 aromatic carbocycles. The highest BCUT2D eigenvalue weighted by atomic mass is 16.5. The Labute approximate surface area is 143 Å². The molecule has 1 fully saturated rings. The summed E-state index contributed by atoms with van der Waals surface area (Å²) in [6.07, 6.45) is 7.54. The van der Waals surface area contributed by atoms with Gasteiger partial charge in [-0.3, -0.25) is 9.88 Å². The summed E-state index contributed by atoms with van der Waals surface area (Å²) in [5, 5.41) is 3.72. The highest BCUT2D eigenvalue weighted by Crippen LogP contribution is 2.28. The first-order chi connectivity index (χ1) is 11.9. The van der Waals surface area contributed by atoms with Crippen molar-refractivity contribution in [2.45, 2.75) is 38.0 Å². The van der Waals surface area contributed by atoms with Crippen LogP contribution in [0.25, 0.3) is 0 Å². The molecular weight excluding hydrogens is 298 g/mol. The Bertz CT molecular complexity index is 628. The van der Waals surface area contributed by atoms with Gasteiger partial charge < -0.3 is 10.1 Å². The number of para-hydroxylation sites is 1.